The predicted octanol–water partition coefficient (Wildman–Crippen LogP) is 2.13. The van der Waals surface area contributed by atoms with Crippen molar-refractivity contribution in [3.8, 4) is 0 Å². The van der Waals surface area contributed by atoms with Gasteiger partial charge in [-0.3, -0.25) is 0 Å². The number of hydrogen-bond donors (Lipinski definition) is 3. The van der Waals surface area contributed by atoms with Crippen molar-refractivity contribution in [3.63, 3.8) is 0 Å². The summed E-state index contributed by atoms with van der Waals surface area (Å²) in [5, 5.41) is 3.31. The van der Waals surface area contributed by atoms with Crippen LogP contribution in [-0.2, 0) is 16.8 Å². The third-order valence-electron chi connectivity index (χ3n) is 2.93. The molecule has 2 aromatic rings. The molecule has 124 valence electrons. The second kappa shape index (κ2) is 7.69. The molecule has 0 atom stereocenters. The summed E-state index contributed by atoms with van der Waals surface area (Å²) in [4.78, 5) is 8.03. The van der Waals surface area contributed by atoms with Gasteiger partial charge >= 0.3 is 0 Å². The zero-order valence-electron chi connectivity index (χ0n) is 12.8. The van der Waals surface area contributed by atoms with E-state index in [1.54, 1.807) is 13.1 Å². The molecule has 1 aromatic heterocycles. The summed E-state index contributed by atoms with van der Waals surface area (Å²) in [6.45, 7) is 4.12. The average Bonchev–Trinajstić information content (AvgIpc) is 2.49. The number of anilines is 2. The van der Waals surface area contributed by atoms with Crippen LogP contribution in [0.4, 0.5) is 11.5 Å². The lowest BCUT2D eigenvalue weighted by Gasteiger charge is -2.11. The number of aromatic nitrogens is 2. The average molecular weight is 356 g/mol. The molecular weight excluding hydrogens is 338 g/mol. The maximum Gasteiger partial charge on any atom is 0.277 e. The molecule has 2 rings (SSSR count). The van der Waals surface area contributed by atoms with Gasteiger partial charge < -0.3 is 5.32 Å². The Kier molecular flexibility index (Phi) is 5.89. The molecule has 1 heterocycles. The molecule has 0 saturated carbocycles. The maximum atomic E-state index is 11.6. The summed E-state index contributed by atoms with van der Waals surface area (Å²) < 4.78 is 28.0. The Morgan fingerprint density at radius 2 is 2.04 bits per heavy atom. The lowest BCUT2D eigenvalue weighted by atomic mass is 10.2. The zero-order valence-corrected chi connectivity index (χ0v) is 14.4. The van der Waals surface area contributed by atoms with Crippen LogP contribution in [0, 0.1) is 6.92 Å². The molecule has 23 heavy (non-hydrogen) atoms. The summed E-state index contributed by atoms with van der Waals surface area (Å²) in [7, 11) is -3.47. The van der Waals surface area contributed by atoms with Crippen LogP contribution in [0.3, 0.4) is 0 Å². The minimum atomic E-state index is -3.47. The minimum Gasteiger partial charge on any atom is -0.340 e. The number of hydrogen-bond acceptors (Lipinski definition) is 5. The Balaban J connectivity index is 2.09. The zero-order chi connectivity index (χ0) is 16.9. The van der Waals surface area contributed by atoms with Gasteiger partial charge in [-0.25, -0.2) is 14.7 Å². The Labute approximate surface area is 140 Å². The van der Waals surface area contributed by atoms with Crippen molar-refractivity contribution in [1.82, 2.24) is 19.4 Å². The topological polar surface area (TPSA) is 96.0 Å². The first kappa shape index (κ1) is 17.6. The van der Waals surface area contributed by atoms with E-state index >= 15 is 0 Å². The lowest BCUT2D eigenvalue weighted by molar-refractivity contribution is 0.568. The van der Waals surface area contributed by atoms with E-state index < -0.39 is 10.2 Å². The highest BCUT2D eigenvalue weighted by Gasteiger charge is 2.08. The monoisotopic (exact) mass is 355 g/mol. The highest BCUT2D eigenvalue weighted by molar-refractivity contribution is 7.87. The van der Waals surface area contributed by atoms with Gasteiger partial charge in [-0.2, -0.15) is 13.1 Å². The quantitative estimate of drug-likeness (QED) is 0.661. The normalized spacial score (nSPS) is 11.4. The third kappa shape index (κ3) is 5.43. The van der Waals surface area contributed by atoms with Crippen LogP contribution in [0.1, 0.15) is 18.1 Å². The van der Waals surface area contributed by atoms with Gasteiger partial charge in [0.05, 0.1) is 0 Å². The van der Waals surface area contributed by atoms with Crippen LogP contribution in [0.25, 0.3) is 0 Å². The van der Waals surface area contributed by atoms with E-state index in [1.807, 2.05) is 31.2 Å². The Morgan fingerprint density at radius 1 is 1.26 bits per heavy atom. The lowest BCUT2D eigenvalue weighted by Crippen LogP contribution is -2.35. The summed E-state index contributed by atoms with van der Waals surface area (Å²) >= 11 is 5.80. The van der Waals surface area contributed by atoms with Crippen LogP contribution in [-0.4, -0.2) is 24.9 Å². The number of nitrogens with zero attached hydrogens (tertiary/aromatic N) is 2. The van der Waals surface area contributed by atoms with Gasteiger partial charge in [0, 0.05) is 30.5 Å². The van der Waals surface area contributed by atoms with Crippen molar-refractivity contribution in [2.75, 3.05) is 11.9 Å². The largest absolute Gasteiger partial charge is 0.340 e. The summed E-state index contributed by atoms with van der Waals surface area (Å²) in [5.74, 6) is 0.607. The number of benzene rings is 1. The fourth-order valence-corrected chi connectivity index (χ4v) is 2.83. The maximum absolute atomic E-state index is 11.6. The van der Waals surface area contributed by atoms with Gasteiger partial charge in [0.2, 0.25) is 5.28 Å². The highest BCUT2D eigenvalue weighted by atomic mass is 35.5. The van der Waals surface area contributed by atoms with E-state index in [9.17, 15) is 8.42 Å². The molecule has 1 aromatic carbocycles. The first-order chi connectivity index (χ1) is 10.9. The third-order valence-corrected chi connectivity index (χ3v) is 4.31. The van der Waals surface area contributed by atoms with Gasteiger partial charge in [0.15, 0.2) is 0 Å². The molecule has 0 aliphatic carbocycles. The molecule has 9 heteroatoms. The molecule has 0 radical (unpaired) electrons. The molecule has 3 N–H and O–H groups in total. The highest BCUT2D eigenvalue weighted by Crippen LogP contribution is 2.20. The Morgan fingerprint density at radius 3 is 2.78 bits per heavy atom. The molecule has 0 spiro atoms. The second-order valence-electron chi connectivity index (χ2n) is 4.82. The molecule has 0 amide bonds. The van der Waals surface area contributed by atoms with Crippen LogP contribution in [0.2, 0.25) is 5.28 Å². The van der Waals surface area contributed by atoms with Crippen molar-refractivity contribution < 1.29 is 8.42 Å². The van der Waals surface area contributed by atoms with E-state index in [0.29, 0.717) is 12.4 Å². The molecule has 0 fully saturated rings. The van der Waals surface area contributed by atoms with Crippen molar-refractivity contribution in [2.45, 2.75) is 20.4 Å². The minimum absolute atomic E-state index is 0.160. The molecule has 0 unspecified atom stereocenters. The van der Waals surface area contributed by atoms with Crippen LogP contribution < -0.4 is 14.8 Å². The molecule has 0 saturated heterocycles. The predicted molar refractivity (Wildman–Crippen MR) is 90.9 cm³/mol. The van der Waals surface area contributed by atoms with Crippen molar-refractivity contribution in [1.29, 1.82) is 0 Å². The first-order valence-electron chi connectivity index (χ1n) is 6.99. The molecule has 0 bridgehead atoms. The van der Waals surface area contributed by atoms with E-state index in [0.717, 1.165) is 16.8 Å². The van der Waals surface area contributed by atoms with Crippen molar-refractivity contribution >= 4 is 33.3 Å². The van der Waals surface area contributed by atoms with Crippen LogP contribution >= 0.6 is 11.6 Å². The number of halogens is 1. The molecule has 0 aliphatic heterocycles. The fraction of sp³-hybridized carbons (Fsp3) is 0.286. The Bertz CT molecular complexity index is 782. The van der Waals surface area contributed by atoms with E-state index in [1.165, 1.54) is 0 Å². The van der Waals surface area contributed by atoms with Gasteiger partial charge in [0.25, 0.3) is 10.2 Å². The van der Waals surface area contributed by atoms with Gasteiger partial charge in [0.1, 0.15) is 5.82 Å². The van der Waals surface area contributed by atoms with Crippen molar-refractivity contribution in [2.24, 2.45) is 0 Å². The summed E-state index contributed by atoms with van der Waals surface area (Å²) in [6.07, 6.45) is 1.63. The summed E-state index contributed by atoms with van der Waals surface area (Å²) in [5.41, 5.74) is 2.45. The molecule has 0 aliphatic rings. The fourth-order valence-electron chi connectivity index (χ4n) is 1.86. The molecule has 7 nitrogen and oxygen atoms in total. The van der Waals surface area contributed by atoms with Crippen molar-refractivity contribution in [3.05, 3.63) is 46.9 Å². The van der Waals surface area contributed by atoms with Gasteiger partial charge in [-0.05, 0) is 36.2 Å². The van der Waals surface area contributed by atoms with Crippen LogP contribution in [0.15, 0.2) is 30.5 Å². The number of rotatable bonds is 7. The van der Waals surface area contributed by atoms with E-state index in [-0.39, 0.29) is 11.8 Å². The summed E-state index contributed by atoms with van der Waals surface area (Å²) in [6, 6.07) is 7.36. The SMILES string of the molecule is CCNS(=O)(=O)NCc1cccc(Nc2nc(Cl)ncc2C)c1. The van der Waals surface area contributed by atoms with Crippen LogP contribution in [0.5, 0.6) is 0 Å². The Hall–Kier alpha value is -1.74. The smallest absolute Gasteiger partial charge is 0.277 e. The first-order valence-corrected chi connectivity index (χ1v) is 8.85. The van der Waals surface area contributed by atoms with Gasteiger partial charge in [-0.15, -0.1) is 0 Å². The van der Waals surface area contributed by atoms with Gasteiger partial charge in [-0.1, -0.05) is 19.1 Å². The standard InChI is InChI=1S/C14H18ClN5O2S/c1-3-17-23(21,22)18-9-11-5-4-6-12(7-11)19-13-10(2)8-16-14(15)20-13/h4-8,17-18H,3,9H2,1-2H3,(H,16,19,20). The number of nitrogens with one attached hydrogen (secondary N) is 3. The van der Waals surface area contributed by atoms with E-state index in [2.05, 4.69) is 24.7 Å². The molecular formula is C14H18ClN5O2S. The number of aryl methyl sites for hydroxylation is 1. The van der Waals surface area contributed by atoms with E-state index in [4.69, 9.17) is 11.6 Å². The second-order valence-corrected chi connectivity index (χ2v) is 6.74.